The highest BCUT2D eigenvalue weighted by Crippen LogP contribution is 2.20. The Balaban J connectivity index is 1.51. The SMILES string of the molecule is C=CCCc1ccccc1NC(=O)NC[C@@H]1Cc2ccccc2CO1. The first-order valence-corrected chi connectivity index (χ1v) is 8.68. The molecule has 0 saturated carbocycles. The van der Waals surface area contributed by atoms with Crippen molar-refractivity contribution >= 4 is 11.7 Å². The summed E-state index contributed by atoms with van der Waals surface area (Å²) in [5.74, 6) is 0. The molecule has 2 amide bonds. The fourth-order valence-corrected chi connectivity index (χ4v) is 3.03. The number of benzene rings is 2. The zero-order valence-electron chi connectivity index (χ0n) is 14.3. The number of ether oxygens (including phenoxy) is 1. The minimum absolute atomic E-state index is 0.0108. The molecule has 2 aromatic rings. The number of nitrogens with one attached hydrogen (secondary N) is 2. The third-order valence-electron chi connectivity index (χ3n) is 4.41. The Morgan fingerprint density at radius 1 is 1.16 bits per heavy atom. The molecule has 0 radical (unpaired) electrons. The molecule has 0 bridgehead atoms. The number of amides is 2. The molecule has 0 saturated heterocycles. The largest absolute Gasteiger partial charge is 0.371 e. The predicted octanol–water partition coefficient (Wildman–Crippen LogP) is 4.07. The molecular weight excluding hydrogens is 312 g/mol. The van der Waals surface area contributed by atoms with Gasteiger partial charge in [-0.15, -0.1) is 6.58 Å². The van der Waals surface area contributed by atoms with Crippen molar-refractivity contribution in [2.45, 2.75) is 32.0 Å². The molecule has 0 aromatic heterocycles. The standard InChI is InChI=1S/C21H24N2O2/c1-2-3-8-16-9-6-7-12-20(16)23-21(24)22-14-19-13-17-10-4-5-11-18(17)15-25-19/h2,4-7,9-12,19H,1,3,8,13-15H2,(H2,22,23,24)/t19-/m0/s1. The molecule has 0 spiro atoms. The molecule has 0 unspecified atom stereocenters. The number of hydrogen-bond acceptors (Lipinski definition) is 2. The molecule has 2 aromatic carbocycles. The van der Waals surface area contributed by atoms with Gasteiger partial charge in [0.15, 0.2) is 0 Å². The second-order valence-electron chi connectivity index (χ2n) is 6.23. The normalized spacial score (nSPS) is 15.9. The molecule has 1 aliphatic rings. The Bertz CT molecular complexity index is 742. The van der Waals surface area contributed by atoms with Crippen LogP contribution in [0.4, 0.5) is 10.5 Å². The van der Waals surface area contributed by atoms with Gasteiger partial charge in [-0.1, -0.05) is 48.5 Å². The number of rotatable bonds is 6. The van der Waals surface area contributed by atoms with Crippen LogP contribution < -0.4 is 10.6 Å². The van der Waals surface area contributed by atoms with E-state index in [-0.39, 0.29) is 12.1 Å². The van der Waals surface area contributed by atoms with E-state index in [2.05, 4.69) is 29.3 Å². The molecule has 1 heterocycles. The Morgan fingerprint density at radius 2 is 1.92 bits per heavy atom. The van der Waals surface area contributed by atoms with E-state index in [9.17, 15) is 4.79 Å². The number of fused-ring (bicyclic) bond motifs is 1. The van der Waals surface area contributed by atoms with Gasteiger partial charge in [0, 0.05) is 18.7 Å². The number of urea groups is 1. The molecule has 4 heteroatoms. The summed E-state index contributed by atoms with van der Waals surface area (Å²) in [6.07, 6.45) is 4.47. The van der Waals surface area contributed by atoms with E-state index in [0.29, 0.717) is 13.2 Å². The summed E-state index contributed by atoms with van der Waals surface area (Å²) in [5, 5.41) is 5.86. The van der Waals surface area contributed by atoms with Crippen LogP contribution in [0, 0.1) is 0 Å². The van der Waals surface area contributed by atoms with Crippen LogP contribution in [-0.2, 0) is 24.2 Å². The molecule has 25 heavy (non-hydrogen) atoms. The Labute approximate surface area is 148 Å². The van der Waals surface area contributed by atoms with Crippen molar-refractivity contribution in [3.05, 3.63) is 77.9 Å². The zero-order valence-corrected chi connectivity index (χ0v) is 14.3. The number of anilines is 1. The average Bonchev–Trinajstić information content (AvgIpc) is 2.65. The molecule has 0 aliphatic carbocycles. The van der Waals surface area contributed by atoms with Gasteiger partial charge in [-0.3, -0.25) is 0 Å². The first kappa shape index (κ1) is 17.2. The Hall–Kier alpha value is -2.59. The maximum Gasteiger partial charge on any atom is 0.319 e. The third kappa shape index (κ3) is 4.70. The first-order chi connectivity index (χ1) is 12.3. The number of carbonyl (C=O) groups excluding carboxylic acids is 1. The summed E-state index contributed by atoms with van der Waals surface area (Å²) < 4.78 is 5.83. The van der Waals surface area contributed by atoms with Crippen molar-refractivity contribution in [2.24, 2.45) is 0 Å². The highest BCUT2D eigenvalue weighted by atomic mass is 16.5. The first-order valence-electron chi connectivity index (χ1n) is 8.68. The lowest BCUT2D eigenvalue weighted by Crippen LogP contribution is -2.39. The van der Waals surface area contributed by atoms with Crippen LogP contribution in [-0.4, -0.2) is 18.7 Å². The van der Waals surface area contributed by atoms with Gasteiger partial charge in [-0.05, 0) is 35.6 Å². The minimum atomic E-state index is -0.200. The smallest absolute Gasteiger partial charge is 0.319 e. The number of allylic oxidation sites excluding steroid dienone is 1. The van der Waals surface area contributed by atoms with Crippen molar-refractivity contribution in [2.75, 3.05) is 11.9 Å². The quantitative estimate of drug-likeness (QED) is 0.781. The van der Waals surface area contributed by atoms with E-state index in [1.165, 1.54) is 11.1 Å². The summed E-state index contributed by atoms with van der Waals surface area (Å²) in [7, 11) is 0. The van der Waals surface area contributed by atoms with Crippen LogP contribution in [0.15, 0.2) is 61.2 Å². The van der Waals surface area contributed by atoms with Gasteiger partial charge >= 0.3 is 6.03 Å². The van der Waals surface area contributed by atoms with Gasteiger partial charge in [0.25, 0.3) is 0 Å². The van der Waals surface area contributed by atoms with Gasteiger partial charge in [0.2, 0.25) is 0 Å². The number of hydrogen-bond donors (Lipinski definition) is 2. The second kappa shape index (κ2) is 8.49. The Morgan fingerprint density at radius 3 is 2.76 bits per heavy atom. The maximum absolute atomic E-state index is 12.2. The summed E-state index contributed by atoms with van der Waals surface area (Å²) in [5.41, 5.74) is 4.49. The predicted molar refractivity (Wildman–Crippen MR) is 101 cm³/mol. The van der Waals surface area contributed by atoms with Crippen LogP contribution in [0.25, 0.3) is 0 Å². The maximum atomic E-state index is 12.2. The summed E-state index contributed by atoms with van der Waals surface area (Å²) >= 11 is 0. The van der Waals surface area contributed by atoms with Crippen molar-refractivity contribution in [3.8, 4) is 0 Å². The van der Waals surface area contributed by atoms with Crippen LogP contribution in [0.3, 0.4) is 0 Å². The molecule has 3 rings (SSSR count). The van der Waals surface area contributed by atoms with Crippen LogP contribution in [0.1, 0.15) is 23.1 Å². The van der Waals surface area contributed by atoms with Gasteiger partial charge in [-0.25, -0.2) is 4.79 Å². The second-order valence-corrected chi connectivity index (χ2v) is 6.23. The average molecular weight is 336 g/mol. The lowest BCUT2D eigenvalue weighted by molar-refractivity contribution is 0.0308. The molecule has 4 nitrogen and oxygen atoms in total. The highest BCUT2D eigenvalue weighted by Gasteiger charge is 2.19. The van der Waals surface area contributed by atoms with Crippen molar-refractivity contribution < 1.29 is 9.53 Å². The molecular formula is C21H24N2O2. The number of para-hydroxylation sites is 1. The van der Waals surface area contributed by atoms with E-state index in [4.69, 9.17) is 4.74 Å². The minimum Gasteiger partial charge on any atom is -0.371 e. The molecule has 2 N–H and O–H groups in total. The number of aryl methyl sites for hydroxylation is 1. The van der Waals surface area contributed by atoms with E-state index in [0.717, 1.165) is 30.5 Å². The zero-order chi connectivity index (χ0) is 17.5. The van der Waals surface area contributed by atoms with E-state index < -0.39 is 0 Å². The lowest BCUT2D eigenvalue weighted by atomic mass is 9.99. The highest BCUT2D eigenvalue weighted by molar-refractivity contribution is 5.90. The number of carbonyl (C=O) groups is 1. The van der Waals surface area contributed by atoms with Gasteiger partial charge in [0.05, 0.1) is 12.7 Å². The van der Waals surface area contributed by atoms with Crippen LogP contribution in [0.2, 0.25) is 0 Å². The van der Waals surface area contributed by atoms with E-state index in [1.54, 1.807) is 0 Å². The third-order valence-corrected chi connectivity index (χ3v) is 4.41. The fraction of sp³-hybridized carbons (Fsp3) is 0.286. The van der Waals surface area contributed by atoms with E-state index in [1.807, 2.05) is 42.5 Å². The molecule has 0 fully saturated rings. The summed E-state index contributed by atoms with van der Waals surface area (Å²) in [6.45, 7) is 4.85. The van der Waals surface area contributed by atoms with Crippen molar-refractivity contribution in [1.82, 2.24) is 5.32 Å². The fourth-order valence-electron chi connectivity index (χ4n) is 3.03. The summed E-state index contributed by atoms with van der Waals surface area (Å²) in [4.78, 5) is 12.2. The van der Waals surface area contributed by atoms with Crippen molar-refractivity contribution in [3.63, 3.8) is 0 Å². The Kier molecular flexibility index (Phi) is 5.86. The molecule has 130 valence electrons. The van der Waals surface area contributed by atoms with Gasteiger partial charge < -0.3 is 15.4 Å². The summed E-state index contributed by atoms with van der Waals surface area (Å²) in [6, 6.07) is 15.9. The van der Waals surface area contributed by atoms with Gasteiger partial charge in [-0.2, -0.15) is 0 Å². The lowest BCUT2D eigenvalue weighted by Gasteiger charge is -2.25. The molecule has 1 atom stereocenters. The van der Waals surface area contributed by atoms with E-state index >= 15 is 0 Å². The van der Waals surface area contributed by atoms with Gasteiger partial charge in [0.1, 0.15) is 0 Å². The topological polar surface area (TPSA) is 50.4 Å². The van der Waals surface area contributed by atoms with Crippen molar-refractivity contribution in [1.29, 1.82) is 0 Å². The van der Waals surface area contributed by atoms with Crippen LogP contribution in [0.5, 0.6) is 0 Å². The monoisotopic (exact) mass is 336 g/mol. The van der Waals surface area contributed by atoms with Crippen LogP contribution >= 0.6 is 0 Å². The molecule has 1 aliphatic heterocycles.